The third-order valence-corrected chi connectivity index (χ3v) is 4.05. The minimum atomic E-state index is 0.315. The minimum Gasteiger partial charge on any atom is -0.349 e. The molecule has 2 heterocycles. The van der Waals surface area contributed by atoms with Crippen LogP contribution in [0.3, 0.4) is 0 Å². The molecule has 0 spiro atoms. The maximum absolute atomic E-state index is 12.1. The summed E-state index contributed by atoms with van der Waals surface area (Å²) in [4.78, 5) is 16.4. The van der Waals surface area contributed by atoms with E-state index in [2.05, 4.69) is 42.5 Å². The summed E-state index contributed by atoms with van der Waals surface area (Å²) in [5.74, 6) is 0.315. The van der Waals surface area contributed by atoms with E-state index < -0.39 is 0 Å². The number of piperazine rings is 1. The SMILES string of the molecule is Cc1ccc(C)n1CCCC(=O)N1CCN(C)CC1. The zero-order valence-corrected chi connectivity index (χ0v) is 12.4. The van der Waals surface area contributed by atoms with Gasteiger partial charge in [0.15, 0.2) is 0 Å². The van der Waals surface area contributed by atoms with Crippen LogP contribution in [-0.4, -0.2) is 53.5 Å². The van der Waals surface area contributed by atoms with E-state index in [0.717, 1.165) is 39.1 Å². The highest BCUT2D eigenvalue weighted by Crippen LogP contribution is 2.10. The first-order valence-corrected chi connectivity index (χ1v) is 7.17. The summed E-state index contributed by atoms with van der Waals surface area (Å²) in [6, 6.07) is 4.27. The van der Waals surface area contributed by atoms with Gasteiger partial charge in [0.1, 0.15) is 0 Å². The molecular formula is C15H25N3O. The van der Waals surface area contributed by atoms with Crippen molar-refractivity contribution in [2.24, 2.45) is 0 Å². The molecule has 0 radical (unpaired) electrons. The molecule has 1 aliphatic rings. The smallest absolute Gasteiger partial charge is 0.222 e. The Balaban J connectivity index is 1.75. The van der Waals surface area contributed by atoms with Gasteiger partial charge < -0.3 is 14.4 Å². The Bertz CT molecular complexity index is 411. The van der Waals surface area contributed by atoms with Crippen molar-refractivity contribution in [2.75, 3.05) is 33.2 Å². The second-order valence-corrected chi connectivity index (χ2v) is 5.56. The summed E-state index contributed by atoms with van der Waals surface area (Å²) in [5.41, 5.74) is 2.56. The van der Waals surface area contributed by atoms with Gasteiger partial charge in [-0.05, 0) is 39.4 Å². The molecule has 1 aromatic rings. The van der Waals surface area contributed by atoms with Gasteiger partial charge in [0.2, 0.25) is 5.91 Å². The average molecular weight is 263 g/mol. The molecule has 1 amide bonds. The molecule has 0 bridgehead atoms. The van der Waals surface area contributed by atoms with Gasteiger partial charge in [0.05, 0.1) is 0 Å². The largest absolute Gasteiger partial charge is 0.349 e. The van der Waals surface area contributed by atoms with Gasteiger partial charge >= 0.3 is 0 Å². The molecule has 0 unspecified atom stereocenters. The van der Waals surface area contributed by atoms with Crippen LogP contribution < -0.4 is 0 Å². The van der Waals surface area contributed by atoms with Gasteiger partial charge in [0.25, 0.3) is 0 Å². The normalized spacial score (nSPS) is 16.9. The fraction of sp³-hybridized carbons (Fsp3) is 0.667. The van der Waals surface area contributed by atoms with Crippen molar-refractivity contribution < 1.29 is 4.79 Å². The number of carbonyl (C=O) groups excluding carboxylic acids is 1. The Labute approximate surface area is 116 Å². The van der Waals surface area contributed by atoms with Crippen LogP contribution in [-0.2, 0) is 11.3 Å². The van der Waals surface area contributed by atoms with Crippen molar-refractivity contribution in [1.82, 2.24) is 14.4 Å². The first kappa shape index (κ1) is 14.1. The fourth-order valence-corrected chi connectivity index (χ4v) is 2.65. The maximum Gasteiger partial charge on any atom is 0.222 e. The molecular weight excluding hydrogens is 238 g/mol. The van der Waals surface area contributed by atoms with E-state index in [1.807, 2.05) is 4.90 Å². The van der Waals surface area contributed by atoms with E-state index in [-0.39, 0.29) is 0 Å². The number of rotatable bonds is 4. The first-order chi connectivity index (χ1) is 9.08. The van der Waals surface area contributed by atoms with Crippen LogP contribution in [0.25, 0.3) is 0 Å². The molecule has 0 atom stereocenters. The van der Waals surface area contributed by atoms with Crippen molar-refractivity contribution in [3.8, 4) is 0 Å². The second-order valence-electron chi connectivity index (χ2n) is 5.56. The summed E-state index contributed by atoms with van der Waals surface area (Å²) in [5, 5.41) is 0. The van der Waals surface area contributed by atoms with Crippen LogP contribution in [0.2, 0.25) is 0 Å². The zero-order valence-electron chi connectivity index (χ0n) is 12.4. The number of likely N-dealkylation sites (N-methyl/N-ethyl adjacent to an activating group) is 1. The molecule has 1 saturated heterocycles. The number of hydrogen-bond donors (Lipinski definition) is 0. The highest BCUT2D eigenvalue weighted by atomic mass is 16.2. The molecule has 19 heavy (non-hydrogen) atoms. The summed E-state index contributed by atoms with van der Waals surface area (Å²) in [7, 11) is 2.11. The van der Waals surface area contributed by atoms with Crippen LogP contribution in [0.5, 0.6) is 0 Å². The second kappa shape index (κ2) is 6.24. The predicted octanol–water partition coefficient (Wildman–Crippen LogP) is 1.66. The molecule has 1 aromatic heterocycles. The monoisotopic (exact) mass is 263 g/mol. The molecule has 2 rings (SSSR count). The van der Waals surface area contributed by atoms with Crippen LogP contribution in [0, 0.1) is 13.8 Å². The first-order valence-electron chi connectivity index (χ1n) is 7.17. The molecule has 0 aromatic carbocycles. The van der Waals surface area contributed by atoms with Crippen LogP contribution in [0.15, 0.2) is 12.1 Å². The summed E-state index contributed by atoms with van der Waals surface area (Å²) in [6.07, 6.45) is 1.60. The molecule has 4 heteroatoms. The van der Waals surface area contributed by atoms with Crippen molar-refractivity contribution in [1.29, 1.82) is 0 Å². The summed E-state index contributed by atoms with van der Waals surface area (Å²) >= 11 is 0. The molecule has 0 saturated carbocycles. The maximum atomic E-state index is 12.1. The highest BCUT2D eigenvalue weighted by molar-refractivity contribution is 5.76. The van der Waals surface area contributed by atoms with Crippen molar-refractivity contribution in [3.63, 3.8) is 0 Å². The molecule has 106 valence electrons. The molecule has 1 fully saturated rings. The van der Waals surface area contributed by atoms with E-state index in [9.17, 15) is 4.79 Å². The summed E-state index contributed by atoms with van der Waals surface area (Å²) in [6.45, 7) is 8.96. The Morgan fingerprint density at radius 2 is 1.68 bits per heavy atom. The van der Waals surface area contributed by atoms with Crippen LogP contribution in [0.1, 0.15) is 24.2 Å². The topological polar surface area (TPSA) is 28.5 Å². The number of nitrogens with zero attached hydrogens (tertiary/aromatic N) is 3. The minimum absolute atomic E-state index is 0.315. The lowest BCUT2D eigenvalue weighted by atomic mass is 10.2. The molecule has 4 nitrogen and oxygen atoms in total. The van der Waals surface area contributed by atoms with Gasteiger partial charge in [0, 0.05) is 50.5 Å². The average Bonchev–Trinajstić information content (AvgIpc) is 2.71. The predicted molar refractivity (Wildman–Crippen MR) is 77.2 cm³/mol. The molecule has 0 N–H and O–H groups in total. The van der Waals surface area contributed by atoms with Crippen molar-refractivity contribution in [3.05, 3.63) is 23.5 Å². The van der Waals surface area contributed by atoms with Crippen molar-refractivity contribution >= 4 is 5.91 Å². The standard InChI is InChI=1S/C15H25N3O/c1-13-6-7-14(2)18(13)8-4-5-15(19)17-11-9-16(3)10-12-17/h6-7H,4-5,8-12H2,1-3H3. The molecule has 0 aliphatic carbocycles. The number of aryl methyl sites for hydroxylation is 2. The number of hydrogen-bond acceptors (Lipinski definition) is 2. The van der Waals surface area contributed by atoms with E-state index >= 15 is 0 Å². The van der Waals surface area contributed by atoms with E-state index in [1.165, 1.54) is 11.4 Å². The Morgan fingerprint density at radius 1 is 1.11 bits per heavy atom. The van der Waals surface area contributed by atoms with E-state index in [0.29, 0.717) is 12.3 Å². The van der Waals surface area contributed by atoms with Gasteiger partial charge in [-0.3, -0.25) is 4.79 Å². The Hall–Kier alpha value is -1.29. The van der Waals surface area contributed by atoms with E-state index in [4.69, 9.17) is 0 Å². The lowest BCUT2D eigenvalue weighted by Gasteiger charge is -2.32. The fourth-order valence-electron chi connectivity index (χ4n) is 2.65. The van der Waals surface area contributed by atoms with Gasteiger partial charge in [-0.1, -0.05) is 0 Å². The quantitative estimate of drug-likeness (QED) is 0.826. The lowest BCUT2D eigenvalue weighted by molar-refractivity contribution is -0.132. The lowest BCUT2D eigenvalue weighted by Crippen LogP contribution is -2.47. The number of amides is 1. The van der Waals surface area contributed by atoms with Gasteiger partial charge in [-0.15, -0.1) is 0 Å². The van der Waals surface area contributed by atoms with Crippen LogP contribution in [0.4, 0.5) is 0 Å². The van der Waals surface area contributed by atoms with E-state index in [1.54, 1.807) is 0 Å². The van der Waals surface area contributed by atoms with Crippen LogP contribution >= 0.6 is 0 Å². The third kappa shape index (κ3) is 3.60. The number of carbonyl (C=O) groups is 1. The van der Waals surface area contributed by atoms with Gasteiger partial charge in [-0.25, -0.2) is 0 Å². The van der Waals surface area contributed by atoms with Crippen molar-refractivity contribution in [2.45, 2.75) is 33.2 Å². The number of aromatic nitrogens is 1. The third-order valence-electron chi connectivity index (χ3n) is 4.05. The van der Waals surface area contributed by atoms with Gasteiger partial charge in [-0.2, -0.15) is 0 Å². The zero-order chi connectivity index (χ0) is 13.8. The molecule has 1 aliphatic heterocycles. The summed E-state index contributed by atoms with van der Waals surface area (Å²) < 4.78 is 2.29. The Kier molecular flexibility index (Phi) is 4.64. The Morgan fingerprint density at radius 3 is 2.26 bits per heavy atom. The highest BCUT2D eigenvalue weighted by Gasteiger charge is 2.18.